The molecule has 0 fully saturated rings. The largest absolute Gasteiger partial charge is 0.294 e. The molecule has 0 aliphatic carbocycles. The van der Waals surface area contributed by atoms with Crippen LogP contribution in [0.3, 0.4) is 0 Å². The number of hydrogen-bond acceptors (Lipinski definition) is 1. The van der Waals surface area contributed by atoms with Gasteiger partial charge in [0, 0.05) is 6.54 Å². The Balaban J connectivity index is 2.51. The van der Waals surface area contributed by atoms with E-state index in [1.807, 2.05) is 30.3 Å². The Labute approximate surface area is 99.9 Å². The molecule has 0 aromatic heterocycles. The lowest BCUT2D eigenvalue weighted by Gasteiger charge is -2.17. The summed E-state index contributed by atoms with van der Waals surface area (Å²) in [5, 5.41) is -0.161. The summed E-state index contributed by atoms with van der Waals surface area (Å²) in [6.07, 6.45) is 5.83. The van der Waals surface area contributed by atoms with Gasteiger partial charge in [-0.25, -0.2) is 0 Å². The highest BCUT2D eigenvalue weighted by atomic mass is 35.5. The molecule has 15 heavy (non-hydrogen) atoms. The molecule has 0 heterocycles. The second-order valence-corrected chi connectivity index (χ2v) is 4.04. The second kappa shape index (κ2) is 6.50. The maximum absolute atomic E-state index is 7.55. The predicted molar refractivity (Wildman–Crippen MR) is 66.1 cm³/mol. The maximum Gasteiger partial charge on any atom is 0.0596 e. The summed E-state index contributed by atoms with van der Waals surface area (Å²) < 4.78 is 15.1. The highest BCUT2D eigenvalue weighted by molar-refractivity contribution is 6.20. The van der Waals surface area contributed by atoms with Gasteiger partial charge in [-0.15, -0.1) is 18.0 Å². The predicted octanol–water partition coefficient (Wildman–Crippen LogP) is 2.40. The van der Waals surface area contributed by atoms with Crippen LogP contribution in [0.4, 0.5) is 0 Å². The molecule has 0 aliphatic heterocycles. The van der Waals surface area contributed by atoms with Gasteiger partial charge in [-0.1, -0.05) is 36.3 Å². The molecule has 0 spiro atoms. The van der Waals surface area contributed by atoms with Gasteiger partial charge >= 0.3 is 0 Å². The molecule has 1 aromatic carbocycles. The van der Waals surface area contributed by atoms with Gasteiger partial charge in [-0.05, 0) is 19.0 Å². The first-order valence-electron chi connectivity index (χ1n) is 5.82. The number of rotatable bonds is 5. The summed E-state index contributed by atoms with van der Waals surface area (Å²) in [6.45, 7) is -1.34. The molecular weight excluding hydrogens is 206 g/mol. The van der Waals surface area contributed by atoms with Crippen molar-refractivity contribution < 1.29 is 2.74 Å². The maximum atomic E-state index is 7.55. The molecule has 1 nitrogen and oxygen atoms in total. The summed E-state index contributed by atoms with van der Waals surface area (Å²) in [5.74, 6) is 2.11. The zero-order valence-electron chi connectivity index (χ0n) is 10.8. The normalized spacial score (nSPS) is 15.3. The highest BCUT2D eigenvalue weighted by Crippen LogP contribution is 2.08. The van der Waals surface area contributed by atoms with E-state index in [0.29, 0.717) is 13.0 Å². The molecule has 0 radical (unpaired) electrons. The van der Waals surface area contributed by atoms with Gasteiger partial charge in [-0.3, -0.25) is 4.90 Å². The third kappa shape index (κ3) is 4.88. The van der Waals surface area contributed by atoms with Gasteiger partial charge in [0.15, 0.2) is 0 Å². The Bertz CT molecular complexity index is 386. The van der Waals surface area contributed by atoms with Gasteiger partial charge in [0.2, 0.25) is 0 Å². The number of terminal acetylenes is 1. The second-order valence-electron chi connectivity index (χ2n) is 3.42. The Kier molecular flexibility index (Phi) is 4.02. The number of benzene rings is 1. The van der Waals surface area contributed by atoms with E-state index in [1.165, 1.54) is 4.90 Å². The number of alkyl halides is 1. The molecule has 0 saturated carbocycles. The fourth-order valence-corrected chi connectivity index (χ4v) is 1.77. The van der Waals surface area contributed by atoms with Crippen molar-refractivity contribution in [3.63, 3.8) is 0 Å². The van der Waals surface area contributed by atoms with Crippen molar-refractivity contribution in [2.75, 3.05) is 20.1 Å². The van der Waals surface area contributed by atoms with Gasteiger partial charge in [0.25, 0.3) is 0 Å². The molecule has 1 atom stereocenters. The summed E-state index contributed by atoms with van der Waals surface area (Å²) in [6, 6.07) is 9.89. The van der Waals surface area contributed by atoms with Crippen molar-refractivity contribution in [2.24, 2.45) is 0 Å². The first-order valence-corrected chi connectivity index (χ1v) is 5.26. The Morgan fingerprint density at radius 2 is 2.20 bits per heavy atom. The molecule has 1 rings (SSSR count). The molecule has 1 aromatic rings. The lowest BCUT2D eigenvalue weighted by molar-refractivity contribution is 0.372. The van der Waals surface area contributed by atoms with Crippen LogP contribution in [0, 0.1) is 12.3 Å². The molecule has 0 saturated heterocycles. The minimum Gasteiger partial charge on any atom is -0.294 e. The molecule has 0 N–H and O–H groups in total. The van der Waals surface area contributed by atoms with E-state index in [1.54, 1.807) is 7.05 Å². The van der Waals surface area contributed by atoms with Gasteiger partial charge in [-0.2, -0.15) is 0 Å². The molecule has 0 unspecified atom stereocenters. The van der Waals surface area contributed by atoms with Crippen molar-refractivity contribution in [2.45, 2.75) is 11.8 Å². The zero-order valence-corrected chi connectivity index (χ0v) is 9.54. The topological polar surface area (TPSA) is 3.24 Å². The van der Waals surface area contributed by atoms with Gasteiger partial charge < -0.3 is 0 Å². The first-order chi connectivity index (χ1) is 7.95. The van der Waals surface area contributed by atoms with Crippen molar-refractivity contribution in [1.29, 1.82) is 0 Å². The standard InChI is InChI=1S/C13H16ClN/c1-3-9-15(2)11-13(14)10-12-7-5-4-6-8-12/h1,4-8,13H,9-11H2,2H3/t13-/m1/s1/i9D2. The van der Waals surface area contributed by atoms with Gasteiger partial charge in [0.05, 0.1) is 14.6 Å². The van der Waals surface area contributed by atoms with E-state index in [2.05, 4.69) is 5.92 Å². The fourth-order valence-electron chi connectivity index (χ4n) is 1.39. The molecule has 2 heteroatoms. The Morgan fingerprint density at radius 1 is 1.53 bits per heavy atom. The lowest BCUT2D eigenvalue weighted by atomic mass is 10.1. The first kappa shape index (κ1) is 9.27. The quantitative estimate of drug-likeness (QED) is 0.548. The number of nitrogens with zero attached hydrogens (tertiary/aromatic N) is 1. The summed E-state index contributed by atoms with van der Waals surface area (Å²) in [7, 11) is 1.64. The Morgan fingerprint density at radius 3 is 2.80 bits per heavy atom. The molecule has 0 bridgehead atoms. The van der Waals surface area contributed by atoms with E-state index < -0.39 is 6.50 Å². The van der Waals surface area contributed by atoms with Gasteiger partial charge in [0.1, 0.15) is 0 Å². The van der Waals surface area contributed by atoms with Crippen LogP contribution in [0.5, 0.6) is 0 Å². The minimum atomic E-state index is -1.75. The molecule has 0 aliphatic rings. The molecular formula is C13H16ClN. The lowest BCUT2D eigenvalue weighted by Crippen LogP contribution is -2.27. The number of hydrogen-bond donors (Lipinski definition) is 0. The van der Waals surface area contributed by atoms with Crippen LogP contribution in [-0.2, 0) is 6.42 Å². The average molecular weight is 224 g/mol. The SMILES string of the molecule is [2H]C([2H])(C#C)N(C)C[C@H](Cl)Cc1ccccc1. The van der Waals surface area contributed by atoms with E-state index in [-0.39, 0.29) is 5.38 Å². The van der Waals surface area contributed by atoms with Crippen LogP contribution in [0.25, 0.3) is 0 Å². The smallest absolute Gasteiger partial charge is 0.0596 e. The molecule has 0 amide bonds. The van der Waals surface area contributed by atoms with Crippen LogP contribution >= 0.6 is 11.6 Å². The van der Waals surface area contributed by atoms with Crippen LogP contribution in [-0.4, -0.2) is 30.4 Å². The van der Waals surface area contributed by atoms with E-state index in [4.69, 9.17) is 20.8 Å². The third-order valence-corrected chi connectivity index (χ3v) is 2.32. The van der Waals surface area contributed by atoms with Crippen molar-refractivity contribution >= 4 is 11.6 Å². The average Bonchev–Trinajstić information content (AvgIpc) is 2.30. The zero-order chi connectivity index (χ0) is 12.9. The minimum absolute atomic E-state index is 0.161. The van der Waals surface area contributed by atoms with Crippen LogP contribution in [0.2, 0.25) is 0 Å². The summed E-state index contributed by atoms with van der Waals surface area (Å²) in [5.41, 5.74) is 1.14. The third-order valence-electron chi connectivity index (χ3n) is 2.03. The van der Waals surface area contributed by atoms with Crippen molar-refractivity contribution in [3.05, 3.63) is 35.9 Å². The van der Waals surface area contributed by atoms with E-state index >= 15 is 0 Å². The van der Waals surface area contributed by atoms with E-state index in [9.17, 15) is 0 Å². The van der Waals surface area contributed by atoms with Crippen molar-refractivity contribution in [3.8, 4) is 12.3 Å². The van der Waals surface area contributed by atoms with Crippen LogP contribution < -0.4 is 0 Å². The number of halogens is 1. The van der Waals surface area contributed by atoms with Crippen LogP contribution in [0.15, 0.2) is 30.3 Å². The molecule has 80 valence electrons. The van der Waals surface area contributed by atoms with Crippen molar-refractivity contribution in [1.82, 2.24) is 4.90 Å². The summed E-state index contributed by atoms with van der Waals surface area (Å²) in [4.78, 5) is 1.45. The summed E-state index contributed by atoms with van der Waals surface area (Å²) >= 11 is 6.20. The van der Waals surface area contributed by atoms with Crippen LogP contribution in [0.1, 0.15) is 8.30 Å². The van der Waals surface area contributed by atoms with E-state index in [0.717, 1.165) is 5.56 Å². The Hall–Kier alpha value is -0.970. The monoisotopic (exact) mass is 223 g/mol. The fraction of sp³-hybridized carbons (Fsp3) is 0.385. The highest BCUT2D eigenvalue weighted by Gasteiger charge is 2.08.